The number of alkyl halides is 1. The molecule has 0 atom stereocenters. The molecule has 0 aliphatic carbocycles. The fourth-order valence-corrected chi connectivity index (χ4v) is 3.06. The number of piperidine rings is 1. The maximum atomic E-state index is 12.4. The maximum Gasteiger partial charge on any atom is 0.253 e. The van der Waals surface area contributed by atoms with E-state index < -0.39 is 0 Å². The number of carbonyl (C=O) groups excluding carboxylic acids is 1. The van der Waals surface area contributed by atoms with Gasteiger partial charge in [0.15, 0.2) is 0 Å². The third kappa shape index (κ3) is 3.59. The normalized spacial score (nSPS) is 16.9. The van der Waals surface area contributed by atoms with E-state index in [2.05, 4.69) is 29.8 Å². The fourth-order valence-electron chi connectivity index (χ4n) is 2.69. The van der Waals surface area contributed by atoms with E-state index in [4.69, 9.17) is 0 Å². The average molecular weight is 324 g/mol. The zero-order chi connectivity index (χ0) is 13.8. The molecule has 1 aromatic rings. The molecule has 1 heterocycles. The van der Waals surface area contributed by atoms with Gasteiger partial charge in [-0.2, -0.15) is 0 Å². The molecule has 2 rings (SSSR count). The number of halogens is 1. The highest BCUT2D eigenvalue weighted by molar-refractivity contribution is 9.08. The van der Waals surface area contributed by atoms with Gasteiger partial charge in [0.2, 0.25) is 0 Å². The lowest BCUT2D eigenvalue weighted by molar-refractivity contribution is 0.0667. The molecular formula is C16H22BrNO. The summed E-state index contributed by atoms with van der Waals surface area (Å²) in [6, 6.07) is 7.91. The fraction of sp³-hybridized carbons (Fsp3) is 0.562. The van der Waals surface area contributed by atoms with Gasteiger partial charge in [0.25, 0.3) is 5.91 Å². The van der Waals surface area contributed by atoms with Crippen LogP contribution in [0.1, 0.15) is 42.6 Å². The van der Waals surface area contributed by atoms with Crippen LogP contribution in [0, 0.1) is 11.8 Å². The summed E-state index contributed by atoms with van der Waals surface area (Å²) in [4.78, 5) is 14.4. The Morgan fingerprint density at radius 3 is 2.32 bits per heavy atom. The molecule has 1 aliphatic rings. The molecule has 3 heteroatoms. The Bertz CT molecular complexity index is 419. The van der Waals surface area contributed by atoms with Gasteiger partial charge in [0.05, 0.1) is 0 Å². The summed E-state index contributed by atoms with van der Waals surface area (Å²) in [6.07, 6.45) is 2.28. The first-order chi connectivity index (χ1) is 9.11. The summed E-state index contributed by atoms with van der Waals surface area (Å²) < 4.78 is 0. The van der Waals surface area contributed by atoms with Crippen molar-refractivity contribution in [1.29, 1.82) is 0 Å². The topological polar surface area (TPSA) is 20.3 Å². The van der Waals surface area contributed by atoms with Crippen LogP contribution in [0.5, 0.6) is 0 Å². The molecule has 19 heavy (non-hydrogen) atoms. The monoisotopic (exact) mass is 323 g/mol. The van der Waals surface area contributed by atoms with Crippen LogP contribution in [-0.2, 0) is 5.33 Å². The molecule has 1 amide bonds. The minimum absolute atomic E-state index is 0.184. The van der Waals surface area contributed by atoms with Crippen LogP contribution in [0.4, 0.5) is 0 Å². The highest BCUT2D eigenvalue weighted by Crippen LogP contribution is 2.25. The number of carbonyl (C=O) groups is 1. The highest BCUT2D eigenvalue weighted by Gasteiger charge is 2.24. The summed E-state index contributed by atoms with van der Waals surface area (Å²) >= 11 is 3.42. The van der Waals surface area contributed by atoms with Crippen molar-refractivity contribution in [2.45, 2.75) is 32.0 Å². The number of benzene rings is 1. The molecule has 0 bridgehead atoms. The molecule has 0 N–H and O–H groups in total. The van der Waals surface area contributed by atoms with E-state index in [0.29, 0.717) is 0 Å². The first-order valence-electron chi connectivity index (χ1n) is 7.06. The number of amides is 1. The number of hydrogen-bond acceptors (Lipinski definition) is 1. The molecule has 0 spiro atoms. The molecule has 1 aliphatic heterocycles. The van der Waals surface area contributed by atoms with Crippen LogP contribution in [-0.4, -0.2) is 23.9 Å². The van der Waals surface area contributed by atoms with Gasteiger partial charge in [0, 0.05) is 24.0 Å². The van der Waals surface area contributed by atoms with E-state index in [1.54, 1.807) is 0 Å². The zero-order valence-corrected chi connectivity index (χ0v) is 13.3. The molecule has 1 saturated heterocycles. The van der Waals surface area contributed by atoms with Gasteiger partial charge < -0.3 is 4.90 Å². The predicted molar refractivity (Wildman–Crippen MR) is 82.5 cm³/mol. The van der Waals surface area contributed by atoms with E-state index in [-0.39, 0.29) is 5.91 Å². The molecule has 1 fully saturated rings. The highest BCUT2D eigenvalue weighted by atomic mass is 79.9. The lowest BCUT2D eigenvalue weighted by Crippen LogP contribution is -2.39. The van der Waals surface area contributed by atoms with Crippen molar-refractivity contribution in [1.82, 2.24) is 4.90 Å². The number of rotatable bonds is 3. The van der Waals surface area contributed by atoms with Crippen molar-refractivity contribution < 1.29 is 4.79 Å². The van der Waals surface area contributed by atoms with Gasteiger partial charge in [-0.15, -0.1) is 0 Å². The molecule has 104 valence electrons. The Morgan fingerprint density at radius 2 is 1.84 bits per heavy atom. The van der Waals surface area contributed by atoms with Crippen molar-refractivity contribution in [3.05, 3.63) is 35.4 Å². The van der Waals surface area contributed by atoms with E-state index >= 15 is 0 Å². The average Bonchev–Trinajstić information content (AvgIpc) is 2.46. The quantitative estimate of drug-likeness (QED) is 0.767. The summed E-state index contributed by atoms with van der Waals surface area (Å²) in [5.74, 6) is 1.69. The maximum absolute atomic E-state index is 12.4. The largest absolute Gasteiger partial charge is 0.339 e. The standard InChI is InChI=1S/C16H22BrNO/c1-12(2)14-7-9-18(10-8-14)16(19)15-5-3-13(11-17)4-6-15/h3-6,12,14H,7-11H2,1-2H3. The van der Waals surface area contributed by atoms with Crippen molar-refractivity contribution in [3.8, 4) is 0 Å². The summed E-state index contributed by atoms with van der Waals surface area (Å²) in [7, 11) is 0. The first-order valence-corrected chi connectivity index (χ1v) is 8.18. The van der Waals surface area contributed by atoms with Gasteiger partial charge in [-0.3, -0.25) is 4.79 Å². The van der Waals surface area contributed by atoms with Crippen LogP contribution in [0.3, 0.4) is 0 Å². The second kappa shape index (κ2) is 6.56. The van der Waals surface area contributed by atoms with Crippen LogP contribution in [0.2, 0.25) is 0 Å². The van der Waals surface area contributed by atoms with Crippen molar-refractivity contribution >= 4 is 21.8 Å². The minimum atomic E-state index is 0.184. The molecule has 0 aromatic heterocycles. The molecule has 1 aromatic carbocycles. The van der Waals surface area contributed by atoms with E-state index in [9.17, 15) is 4.79 Å². The molecule has 0 radical (unpaired) electrons. The number of hydrogen-bond donors (Lipinski definition) is 0. The smallest absolute Gasteiger partial charge is 0.253 e. The van der Waals surface area contributed by atoms with Crippen LogP contribution in [0.15, 0.2) is 24.3 Å². The Kier molecular flexibility index (Phi) is 5.03. The van der Waals surface area contributed by atoms with Gasteiger partial charge in [-0.05, 0) is 42.4 Å². The Labute approximate surface area is 124 Å². The number of likely N-dealkylation sites (tertiary alicyclic amines) is 1. The van der Waals surface area contributed by atoms with Crippen molar-refractivity contribution in [2.75, 3.05) is 13.1 Å². The second-order valence-corrected chi connectivity index (χ2v) is 6.26. The van der Waals surface area contributed by atoms with E-state index in [1.807, 2.05) is 29.2 Å². The zero-order valence-electron chi connectivity index (χ0n) is 11.7. The second-order valence-electron chi connectivity index (χ2n) is 5.70. The first kappa shape index (κ1) is 14.6. The van der Waals surface area contributed by atoms with Crippen molar-refractivity contribution in [2.24, 2.45) is 11.8 Å². The van der Waals surface area contributed by atoms with Gasteiger partial charge in [0.1, 0.15) is 0 Å². The SMILES string of the molecule is CC(C)C1CCN(C(=O)c2ccc(CBr)cc2)CC1. The summed E-state index contributed by atoms with van der Waals surface area (Å²) in [5.41, 5.74) is 2.02. The van der Waals surface area contributed by atoms with Gasteiger partial charge >= 0.3 is 0 Å². The van der Waals surface area contributed by atoms with Gasteiger partial charge in [-0.25, -0.2) is 0 Å². The van der Waals surface area contributed by atoms with E-state index in [1.165, 1.54) is 5.56 Å². The van der Waals surface area contributed by atoms with Gasteiger partial charge in [-0.1, -0.05) is 41.9 Å². The van der Waals surface area contributed by atoms with Crippen LogP contribution in [0.25, 0.3) is 0 Å². The summed E-state index contributed by atoms with van der Waals surface area (Å²) in [6.45, 7) is 6.37. The lowest BCUT2D eigenvalue weighted by atomic mass is 9.86. The van der Waals surface area contributed by atoms with Crippen molar-refractivity contribution in [3.63, 3.8) is 0 Å². The van der Waals surface area contributed by atoms with E-state index in [0.717, 1.165) is 48.7 Å². The molecule has 2 nitrogen and oxygen atoms in total. The Hall–Kier alpha value is -0.830. The summed E-state index contributed by atoms with van der Waals surface area (Å²) in [5, 5.41) is 0.835. The molecular weight excluding hydrogens is 302 g/mol. The Morgan fingerprint density at radius 1 is 1.26 bits per heavy atom. The third-order valence-electron chi connectivity index (χ3n) is 4.12. The third-order valence-corrected chi connectivity index (χ3v) is 4.77. The molecule has 0 unspecified atom stereocenters. The van der Waals surface area contributed by atoms with Crippen LogP contribution < -0.4 is 0 Å². The Balaban J connectivity index is 1.97. The predicted octanol–water partition coefficient (Wildman–Crippen LogP) is 4.09. The lowest BCUT2D eigenvalue weighted by Gasteiger charge is -2.34. The molecule has 0 saturated carbocycles. The number of nitrogens with zero attached hydrogens (tertiary/aromatic N) is 1. The minimum Gasteiger partial charge on any atom is -0.339 e. The van der Waals surface area contributed by atoms with Crippen LogP contribution >= 0.6 is 15.9 Å².